The molecular weight excluding hydrogens is 416 g/mol. The molecule has 5 atom stereocenters. The Morgan fingerprint density at radius 1 is 0.806 bits per heavy atom. The highest BCUT2D eigenvalue weighted by Crippen LogP contribution is 2.43. The maximum atomic E-state index is 10.6. The van der Waals surface area contributed by atoms with Crippen molar-refractivity contribution in [1.82, 2.24) is 0 Å². The molecule has 0 amide bonds. The molecule has 0 aliphatic carbocycles. The summed E-state index contributed by atoms with van der Waals surface area (Å²) in [6, 6.07) is 7.55. The first-order chi connectivity index (χ1) is 14.7. The van der Waals surface area contributed by atoms with E-state index in [1.807, 2.05) is 0 Å². The predicted molar refractivity (Wildman–Crippen MR) is 105 cm³/mol. The van der Waals surface area contributed by atoms with Crippen molar-refractivity contribution in [3.63, 3.8) is 0 Å². The lowest BCUT2D eigenvalue weighted by Crippen LogP contribution is -2.55. The molecule has 2 aromatic carbocycles. The van der Waals surface area contributed by atoms with Gasteiger partial charge in [0.1, 0.15) is 47.4 Å². The standard InChI is InChI=1S/C21H20O10/c22-7-16-17(27)18(28)19(29)21(31-16)11-6-10-13(25)4-9(23)5-15(10)30-20(11)8-1-2-12(24)14(26)3-8/h1-6,16-19,21-22,27-29H,7H2,(H3-,23,24,25,26)/p+1/t16-,17-,18+,19-,21+/m1/s1/i2+1,10+1,13+1,14+1. The monoisotopic (exact) mass is 437 g/mol. The summed E-state index contributed by atoms with van der Waals surface area (Å²) < 4.78 is 11.5. The van der Waals surface area contributed by atoms with E-state index in [-0.39, 0.29) is 45.1 Å². The van der Waals surface area contributed by atoms with Gasteiger partial charge in [0.05, 0.1) is 23.8 Å². The van der Waals surface area contributed by atoms with Gasteiger partial charge in [0, 0.05) is 12.1 Å². The Balaban J connectivity index is 1.96. The van der Waals surface area contributed by atoms with E-state index >= 15 is 0 Å². The first-order valence-corrected chi connectivity index (χ1v) is 9.37. The summed E-state index contributed by atoms with van der Waals surface area (Å²) >= 11 is 0. The Kier molecular flexibility index (Phi) is 5.33. The minimum absolute atomic E-state index is 0.0251. The first kappa shape index (κ1) is 21.1. The van der Waals surface area contributed by atoms with E-state index in [1.54, 1.807) is 0 Å². The number of aromatic hydroxyl groups is 4. The topological polar surface area (TPSA) is 182 Å². The van der Waals surface area contributed by atoms with Crippen LogP contribution in [-0.2, 0) is 4.74 Å². The normalized spacial score (nSPS) is 26.3. The van der Waals surface area contributed by atoms with Crippen LogP contribution in [0, 0.1) is 0 Å². The molecule has 10 heteroatoms. The van der Waals surface area contributed by atoms with Crippen LogP contribution in [-0.4, -0.2) is 71.9 Å². The van der Waals surface area contributed by atoms with Crippen LogP contribution >= 0.6 is 0 Å². The summed E-state index contributed by atoms with van der Waals surface area (Å²) in [6.45, 7) is -0.638. The molecule has 1 aliphatic rings. The summed E-state index contributed by atoms with van der Waals surface area (Å²) in [4.78, 5) is 0. The van der Waals surface area contributed by atoms with Crippen LogP contribution in [0.3, 0.4) is 0 Å². The number of hydrogen-bond acceptors (Lipinski definition) is 9. The second-order valence-electron chi connectivity index (χ2n) is 7.36. The highest BCUT2D eigenvalue weighted by Gasteiger charge is 2.46. The molecule has 3 aromatic rings. The second kappa shape index (κ2) is 7.84. The average Bonchev–Trinajstić information content (AvgIpc) is 2.73. The molecule has 0 radical (unpaired) electrons. The van der Waals surface area contributed by atoms with E-state index in [9.17, 15) is 40.9 Å². The Hall–Kier alpha value is -3.15. The zero-order valence-electron chi connectivity index (χ0n) is 16.0. The molecule has 31 heavy (non-hydrogen) atoms. The lowest BCUT2D eigenvalue weighted by atomic mass is 9.90. The van der Waals surface area contributed by atoms with Gasteiger partial charge < -0.3 is 45.6 Å². The SMILES string of the molecule is OC[C@H]1O[C@@H](c2c[13c]3c(cc(O)c[13c]3O)[o+]c2-c2c[13cH]c(O)[13c](O)c2)[C@H](O)[C@@H](O)[C@@H]1O. The Bertz CT molecular complexity index is 1130. The molecule has 1 fully saturated rings. The quantitative estimate of drug-likeness (QED) is 0.215. The van der Waals surface area contributed by atoms with Crippen LogP contribution < -0.4 is 0 Å². The van der Waals surface area contributed by atoms with E-state index in [0.29, 0.717) is 0 Å². The molecule has 2 heterocycles. The van der Waals surface area contributed by atoms with Crippen LogP contribution in [0.4, 0.5) is 0 Å². The zero-order valence-corrected chi connectivity index (χ0v) is 16.0. The minimum Gasteiger partial charge on any atom is -0.507 e. The molecule has 8 N–H and O–H groups in total. The molecule has 10 nitrogen and oxygen atoms in total. The smallest absolute Gasteiger partial charge is 0.368 e. The van der Waals surface area contributed by atoms with Crippen molar-refractivity contribution in [1.29, 1.82) is 0 Å². The Labute approximate surface area is 175 Å². The van der Waals surface area contributed by atoms with Gasteiger partial charge in [-0.25, -0.2) is 4.42 Å². The van der Waals surface area contributed by atoms with Gasteiger partial charge in [0.15, 0.2) is 11.5 Å². The number of fused-ring (bicyclic) bond motifs is 1. The predicted octanol–water partition coefficient (Wildman–Crippen LogP) is 0.718. The number of aliphatic hydroxyl groups is 4. The van der Waals surface area contributed by atoms with Gasteiger partial charge in [0.2, 0.25) is 0 Å². The van der Waals surface area contributed by atoms with Crippen molar-refractivity contribution >= 4 is 11.0 Å². The summed E-state index contributed by atoms with van der Waals surface area (Å²) in [5.74, 6) is -1.41. The van der Waals surface area contributed by atoms with Crippen LogP contribution in [0.1, 0.15) is 11.7 Å². The van der Waals surface area contributed by atoms with Gasteiger partial charge >= 0.3 is 11.3 Å². The second-order valence-corrected chi connectivity index (χ2v) is 7.36. The number of benzene rings is 2. The highest BCUT2D eigenvalue weighted by molar-refractivity contribution is 5.87. The van der Waals surface area contributed by atoms with Crippen molar-refractivity contribution in [3.05, 3.63) is 42.0 Å². The molecule has 0 spiro atoms. The number of phenols is 4. The van der Waals surface area contributed by atoms with E-state index < -0.39 is 42.9 Å². The van der Waals surface area contributed by atoms with Crippen molar-refractivity contribution in [2.24, 2.45) is 0 Å². The van der Waals surface area contributed by atoms with Crippen molar-refractivity contribution in [2.45, 2.75) is 30.5 Å². The third kappa shape index (κ3) is 3.60. The fourth-order valence-electron chi connectivity index (χ4n) is 3.68. The van der Waals surface area contributed by atoms with Gasteiger partial charge in [-0.05, 0) is 18.2 Å². The van der Waals surface area contributed by atoms with Crippen LogP contribution in [0.25, 0.3) is 22.3 Å². The van der Waals surface area contributed by atoms with E-state index in [0.717, 1.165) is 6.07 Å². The molecule has 0 bridgehead atoms. The minimum atomic E-state index is -1.65. The molecule has 0 unspecified atom stereocenters. The number of rotatable bonds is 3. The maximum Gasteiger partial charge on any atom is 0.368 e. The average molecular weight is 437 g/mol. The number of phenolic OH excluding ortho intramolecular Hbond substituents is 4. The van der Waals surface area contributed by atoms with Crippen LogP contribution in [0.2, 0.25) is 0 Å². The molecule has 164 valence electrons. The lowest BCUT2D eigenvalue weighted by Gasteiger charge is -2.39. The third-order valence-electron chi connectivity index (χ3n) is 5.32. The highest BCUT2D eigenvalue weighted by atomic mass is 16.5. The summed E-state index contributed by atoms with van der Waals surface area (Å²) in [5.41, 5.74) is 0.427. The van der Waals surface area contributed by atoms with Crippen molar-refractivity contribution in [2.75, 3.05) is 6.61 Å². The van der Waals surface area contributed by atoms with E-state index in [1.165, 1.54) is 30.3 Å². The number of aliphatic hydroxyl groups excluding tert-OH is 4. The fraction of sp³-hybridized carbons (Fsp3) is 0.286. The summed E-state index contributed by atoms with van der Waals surface area (Å²) in [5, 5.41) is 80.1. The fourth-order valence-corrected chi connectivity index (χ4v) is 3.68. The number of ether oxygens (including phenoxy) is 1. The third-order valence-corrected chi connectivity index (χ3v) is 5.32. The molecular formula is C21H21O10+. The van der Waals surface area contributed by atoms with Crippen LogP contribution in [0.5, 0.6) is 23.0 Å². The number of hydrogen-bond donors (Lipinski definition) is 8. The molecule has 1 aromatic heterocycles. The van der Waals surface area contributed by atoms with Gasteiger partial charge in [0.25, 0.3) is 0 Å². The van der Waals surface area contributed by atoms with Gasteiger partial charge in [-0.15, -0.1) is 0 Å². The lowest BCUT2D eigenvalue weighted by molar-refractivity contribution is -0.231. The Morgan fingerprint density at radius 3 is 2.23 bits per heavy atom. The largest absolute Gasteiger partial charge is 0.507 e. The summed E-state index contributed by atoms with van der Waals surface area (Å²) in [6.07, 6.45) is -7.34. The van der Waals surface area contributed by atoms with E-state index in [2.05, 4.69) is 0 Å². The molecule has 1 aliphatic heterocycles. The summed E-state index contributed by atoms with van der Waals surface area (Å²) in [7, 11) is 0. The molecule has 1 saturated heterocycles. The van der Waals surface area contributed by atoms with Crippen LogP contribution in [0.15, 0.2) is 40.8 Å². The van der Waals surface area contributed by atoms with Crippen molar-refractivity contribution in [3.8, 4) is 34.3 Å². The van der Waals surface area contributed by atoms with Crippen molar-refractivity contribution < 1.29 is 50.0 Å². The first-order valence-electron chi connectivity index (χ1n) is 9.37. The zero-order chi connectivity index (χ0) is 22.4. The van der Waals surface area contributed by atoms with Gasteiger partial charge in [-0.2, -0.15) is 0 Å². The maximum absolute atomic E-state index is 10.6. The Morgan fingerprint density at radius 2 is 1.55 bits per heavy atom. The van der Waals surface area contributed by atoms with Gasteiger partial charge in [-0.3, -0.25) is 0 Å². The van der Waals surface area contributed by atoms with E-state index in [4.69, 9.17) is 9.15 Å². The van der Waals surface area contributed by atoms with Gasteiger partial charge in [-0.1, -0.05) is 0 Å². The molecule has 4 rings (SSSR count). The molecule has 0 saturated carbocycles.